The Hall–Kier alpha value is -0.510. The summed E-state index contributed by atoms with van der Waals surface area (Å²) in [4.78, 5) is 0. The van der Waals surface area contributed by atoms with Crippen LogP contribution in [-0.2, 0) is 9.84 Å². The summed E-state index contributed by atoms with van der Waals surface area (Å²) in [6, 6.07) is 0. The van der Waals surface area contributed by atoms with E-state index in [1.807, 2.05) is 0 Å². The molecule has 3 nitrogen and oxygen atoms in total. The third-order valence-corrected chi connectivity index (χ3v) is 1.99. The summed E-state index contributed by atoms with van der Waals surface area (Å²) >= 11 is 0. The minimum atomic E-state index is -2.94. The number of aliphatic hydroxyl groups excluding tert-OH is 1. The van der Waals surface area contributed by atoms with Crippen molar-refractivity contribution in [2.24, 2.45) is 0 Å². The van der Waals surface area contributed by atoms with E-state index in [0.29, 0.717) is 0 Å². The fourth-order valence-corrected chi connectivity index (χ4v) is 1.17. The van der Waals surface area contributed by atoms with E-state index in [9.17, 15) is 8.42 Å². The molecule has 1 aliphatic heterocycles. The third-order valence-electron chi connectivity index (χ3n) is 0.665. The molecule has 0 saturated carbocycles. The van der Waals surface area contributed by atoms with Gasteiger partial charge in [-0.15, -0.1) is 0 Å². The molecular formula is C3H4O3S. The zero-order chi connectivity index (χ0) is 5.49. The van der Waals surface area contributed by atoms with Gasteiger partial charge in [-0.25, -0.2) is 8.42 Å². The van der Waals surface area contributed by atoms with Gasteiger partial charge in [0, 0.05) is 0 Å². The molecule has 0 bridgehead atoms. The lowest BCUT2D eigenvalue weighted by molar-refractivity contribution is 0.408. The van der Waals surface area contributed by atoms with Crippen LogP contribution >= 0.6 is 0 Å². The first kappa shape index (κ1) is 4.64. The predicted octanol–water partition coefficient (Wildman–Crippen LogP) is -0.186. The fourth-order valence-electron chi connectivity index (χ4n) is 0.390. The van der Waals surface area contributed by atoms with Gasteiger partial charge in [-0.1, -0.05) is 0 Å². The normalized spacial score (nSPS) is 25.4. The van der Waals surface area contributed by atoms with Crippen LogP contribution in [0.25, 0.3) is 0 Å². The Bertz CT molecular complexity index is 198. The first-order valence-corrected chi connectivity index (χ1v) is 3.44. The molecular weight excluding hydrogens is 116 g/mol. The van der Waals surface area contributed by atoms with Gasteiger partial charge in [0.1, 0.15) is 11.5 Å². The molecule has 0 atom stereocenters. The lowest BCUT2D eigenvalue weighted by Crippen LogP contribution is -2.15. The highest BCUT2D eigenvalue weighted by Gasteiger charge is 2.20. The fraction of sp³-hybridized carbons (Fsp3) is 0.333. The Kier molecular flexibility index (Phi) is 0.667. The lowest BCUT2D eigenvalue weighted by Gasteiger charge is -2.05. The van der Waals surface area contributed by atoms with E-state index in [-0.39, 0.29) is 11.5 Å². The molecule has 0 aromatic carbocycles. The summed E-state index contributed by atoms with van der Waals surface area (Å²) in [5.41, 5.74) is 0. The average Bonchev–Trinajstić information content (AvgIpc) is 1.27. The Morgan fingerprint density at radius 2 is 2.14 bits per heavy atom. The van der Waals surface area contributed by atoms with Crippen LogP contribution in [0.2, 0.25) is 0 Å². The van der Waals surface area contributed by atoms with Crippen molar-refractivity contribution in [1.82, 2.24) is 0 Å². The van der Waals surface area contributed by atoms with Gasteiger partial charge < -0.3 is 5.11 Å². The first-order chi connectivity index (χ1) is 3.10. The van der Waals surface area contributed by atoms with Crippen molar-refractivity contribution in [3.8, 4) is 0 Å². The second kappa shape index (κ2) is 1.01. The maximum atomic E-state index is 10.1. The van der Waals surface area contributed by atoms with Gasteiger partial charge >= 0.3 is 0 Å². The Morgan fingerprint density at radius 3 is 2.14 bits per heavy atom. The molecule has 0 radical (unpaired) electrons. The van der Waals surface area contributed by atoms with Crippen LogP contribution in [-0.4, -0.2) is 19.3 Å². The monoisotopic (exact) mass is 120 g/mol. The highest BCUT2D eigenvalue weighted by molar-refractivity contribution is 7.95. The van der Waals surface area contributed by atoms with Crippen LogP contribution < -0.4 is 0 Å². The van der Waals surface area contributed by atoms with Crippen molar-refractivity contribution in [2.75, 3.05) is 5.75 Å². The van der Waals surface area contributed by atoms with Crippen LogP contribution in [0.1, 0.15) is 0 Å². The van der Waals surface area contributed by atoms with Crippen LogP contribution in [0.3, 0.4) is 0 Å². The number of aliphatic hydroxyl groups is 1. The van der Waals surface area contributed by atoms with Crippen molar-refractivity contribution in [3.05, 3.63) is 11.2 Å². The van der Waals surface area contributed by atoms with Crippen molar-refractivity contribution in [1.29, 1.82) is 0 Å². The Morgan fingerprint density at radius 1 is 1.71 bits per heavy atom. The van der Waals surface area contributed by atoms with E-state index in [2.05, 4.69) is 0 Å². The van der Waals surface area contributed by atoms with E-state index in [0.717, 1.165) is 5.41 Å². The van der Waals surface area contributed by atoms with Crippen molar-refractivity contribution < 1.29 is 13.5 Å². The number of rotatable bonds is 0. The molecule has 0 unspecified atom stereocenters. The van der Waals surface area contributed by atoms with E-state index in [4.69, 9.17) is 5.11 Å². The van der Waals surface area contributed by atoms with E-state index in [1.54, 1.807) is 0 Å². The molecule has 0 spiro atoms. The Labute approximate surface area is 41.2 Å². The number of hydrogen-bond acceptors (Lipinski definition) is 3. The molecule has 1 heterocycles. The minimum Gasteiger partial charge on any atom is -0.510 e. The molecule has 4 heteroatoms. The van der Waals surface area contributed by atoms with Gasteiger partial charge in [-0.3, -0.25) is 0 Å². The van der Waals surface area contributed by atoms with Gasteiger partial charge in [0.05, 0.1) is 5.41 Å². The molecule has 1 aliphatic rings. The molecule has 7 heavy (non-hydrogen) atoms. The smallest absolute Gasteiger partial charge is 0.182 e. The second-order valence-electron chi connectivity index (χ2n) is 1.42. The molecule has 1 N–H and O–H groups in total. The molecule has 1 rings (SSSR count). The average molecular weight is 120 g/mol. The maximum absolute atomic E-state index is 10.1. The summed E-state index contributed by atoms with van der Waals surface area (Å²) in [6.45, 7) is 0. The van der Waals surface area contributed by atoms with Crippen LogP contribution in [0, 0.1) is 0 Å². The molecule has 0 aliphatic carbocycles. The highest BCUT2D eigenvalue weighted by Crippen LogP contribution is 2.11. The van der Waals surface area contributed by atoms with Gasteiger partial charge in [-0.2, -0.15) is 0 Å². The molecule has 0 aromatic heterocycles. The van der Waals surface area contributed by atoms with E-state index < -0.39 is 9.84 Å². The van der Waals surface area contributed by atoms with Crippen molar-refractivity contribution >= 4 is 9.84 Å². The highest BCUT2D eigenvalue weighted by atomic mass is 32.2. The zero-order valence-corrected chi connectivity index (χ0v) is 4.27. The van der Waals surface area contributed by atoms with Gasteiger partial charge in [0.2, 0.25) is 0 Å². The quantitative estimate of drug-likeness (QED) is 0.482. The van der Waals surface area contributed by atoms with Gasteiger partial charge in [-0.05, 0) is 0 Å². The largest absolute Gasteiger partial charge is 0.510 e. The van der Waals surface area contributed by atoms with Crippen LogP contribution in [0.15, 0.2) is 11.2 Å². The van der Waals surface area contributed by atoms with E-state index >= 15 is 0 Å². The third kappa shape index (κ3) is 0.742. The first-order valence-electron chi connectivity index (χ1n) is 1.72. The lowest BCUT2D eigenvalue weighted by atomic mass is 10.6. The summed E-state index contributed by atoms with van der Waals surface area (Å²) in [5, 5.41) is 9.12. The standard InChI is InChI=1S/C3H4O3S/c4-3-1-7(5,6)2-3/h1,4H,2H2. The van der Waals surface area contributed by atoms with Crippen LogP contribution in [0.5, 0.6) is 0 Å². The molecule has 0 aromatic rings. The number of hydrogen-bond donors (Lipinski definition) is 1. The second-order valence-corrected chi connectivity index (χ2v) is 3.27. The summed E-state index contributed by atoms with van der Waals surface area (Å²) < 4.78 is 20.1. The van der Waals surface area contributed by atoms with Crippen LogP contribution in [0.4, 0.5) is 0 Å². The minimum absolute atomic E-state index is 0.0417. The SMILES string of the molecule is O=S1(=O)C=C(O)C1. The van der Waals surface area contributed by atoms with E-state index in [1.165, 1.54) is 0 Å². The predicted molar refractivity (Wildman–Crippen MR) is 24.5 cm³/mol. The van der Waals surface area contributed by atoms with Crippen molar-refractivity contribution in [2.45, 2.75) is 0 Å². The molecule has 0 amide bonds. The Balaban J connectivity index is 3.01. The molecule has 0 fully saturated rings. The van der Waals surface area contributed by atoms with Gasteiger partial charge in [0.25, 0.3) is 0 Å². The zero-order valence-electron chi connectivity index (χ0n) is 3.46. The number of sulfone groups is 1. The summed E-state index contributed by atoms with van der Waals surface area (Å²) in [5.74, 6) is -0.215. The summed E-state index contributed by atoms with van der Waals surface area (Å²) in [6.07, 6.45) is 0. The van der Waals surface area contributed by atoms with Crippen molar-refractivity contribution in [3.63, 3.8) is 0 Å². The summed E-state index contributed by atoms with van der Waals surface area (Å²) in [7, 11) is -2.94. The topological polar surface area (TPSA) is 54.4 Å². The molecule has 40 valence electrons. The molecule has 0 saturated heterocycles. The maximum Gasteiger partial charge on any atom is 0.182 e. The van der Waals surface area contributed by atoms with Gasteiger partial charge in [0.15, 0.2) is 9.84 Å².